The second-order valence-electron chi connectivity index (χ2n) is 4.69. The molecule has 3 nitrogen and oxygen atoms in total. The summed E-state index contributed by atoms with van der Waals surface area (Å²) in [4.78, 5) is 4.22. The summed E-state index contributed by atoms with van der Waals surface area (Å²) < 4.78 is 6.33. The molecule has 3 aromatic rings. The van der Waals surface area contributed by atoms with E-state index in [1.54, 1.807) is 7.11 Å². The number of hydrogen-bond acceptors (Lipinski definition) is 3. The molecule has 3 rings (SSSR count). The van der Waals surface area contributed by atoms with Crippen LogP contribution in [0.3, 0.4) is 0 Å². The molecule has 0 bridgehead atoms. The lowest BCUT2D eigenvalue weighted by molar-refractivity contribution is 0.411. The van der Waals surface area contributed by atoms with Crippen molar-refractivity contribution in [3.63, 3.8) is 0 Å². The first kappa shape index (κ1) is 13.9. The van der Waals surface area contributed by atoms with Gasteiger partial charge in [-0.3, -0.25) is 0 Å². The van der Waals surface area contributed by atoms with Crippen LogP contribution in [0.5, 0.6) is 5.75 Å². The number of anilines is 1. The average molecular weight is 343 g/mol. The van der Waals surface area contributed by atoms with Gasteiger partial charge >= 0.3 is 0 Å². The maximum Gasteiger partial charge on any atom is 0.124 e. The summed E-state index contributed by atoms with van der Waals surface area (Å²) in [6.07, 6.45) is 1.81. The smallest absolute Gasteiger partial charge is 0.124 e. The maximum atomic E-state index is 5.50. The number of hydrogen-bond donors (Lipinski definition) is 1. The van der Waals surface area contributed by atoms with Crippen LogP contribution < -0.4 is 10.1 Å². The van der Waals surface area contributed by atoms with Crippen LogP contribution in [0.15, 0.2) is 59.3 Å². The number of nitrogens with one attached hydrogen (secondary N) is 1. The molecule has 106 valence electrons. The highest BCUT2D eigenvalue weighted by Gasteiger charge is 2.08. The molecule has 2 aromatic carbocycles. The highest BCUT2D eigenvalue weighted by molar-refractivity contribution is 9.10. The van der Waals surface area contributed by atoms with E-state index in [1.807, 2.05) is 36.5 Å². The Balaban J connectivity index is 1.93. The zero-order chi connectivity index (χ0) is 14.7. The third-order valence-electron chi connectivity index (χ3n) is 3.41. The molecule has 0 unspecified atom stereocenters. The first-order valence-electron chi connectivity index (χ1n) is 6.68. The lowest BCUT2D eigenvalue weighted by atomic mass is 10.0. The van der Waals surface area contributed by atoms with E-state index in [9.17, 15) is 0 Å². The van der Waals surface area contributed by atoms with Gasteiger partial charge < -0.3 is 10.1 Å². The molecule has 0 atom stereocenters. The standard InChI is InChI=1S/C17H15BrN2O/c1-21-16-8-6-12-4-2-3-5-14(12)15(16)11-19-13-7-9-17(18)20-10-13/h2-10,19H,11H2,1H3. The van der Waals surface area contributed by atoms with Gasteiger partial charge in [0.25, 0.3) is 0 Å². The SMILES string of the molecule is COc1ccc2ccccc2c1CNc1ccc(Br)nc1. The second kappa shape index (κ2) is 6.14. The number of nitrogens with zero attached hydrogens (tertiary/aromatic N) is 1. The van der Waals surface area contributed by atoms with Crippen LogP contribution in [0.1, 0.15) is 5.56 Å². The van der Waals surface area contributed by atoms with Crippen LogP contribution in [0.25, 0.3) is 10.8 Å². The van der Waals surface area contributed by atoms with Gasteiger partial charge in [0.15, 0.2) is 0 Å². The summed E-state index contributed by atoms with van der Waals surface area (Å²) in [6, 6.07) is 16.3. The lowest BCUT2D eigenvalue weighted by Crippen LogP contribution is -2.03. The lowest BCUT2D eigenvalue weighted by Gasteiger charge is -2.13. The van der Waals surface area contributed by atoms with Crippen molar-refractivity contribution in [2.45, 2.75) is 6.54 Å². The highest BCUT2D eigenvalue weighted by atomic mass is 79.9. The molecule has 1 N–H and O–H groups in total. The van der Waals surface area contributed by atoms with E-state index >= 15 is 0 Å². The summed E-state index contributed by atoms with van der Waals surface area (Å²) in [5.41, 5.74) is 2.13. The summed E-state index contributed by atoms with van der Waals surface area (Å²) in [7, 11) is 1.70. The summed E-state index contributed by atoms with van der Waals surface area (Å²) in [5, 5.41) is 5.81. The first-order valence-corrected chi connectivity index (χ1v) is 7.47. The van der Waals surface area contributed by atoms with E-state index in [4.69, 9.17) is 4.74 Å². The summed E-state index contributed by atoms with van der Waals surface area (Å²) in [6.45, 7) is 0.688. The van der Waals surface area contributed by atoms with Crippen molar-refractivity contribution in [1.29, 1.82) is 0 Å². The number of aromatic nitrogens is 1. The maximum absolute atomic E-state index is 5.50. The van der Waals surface area contributed by atoms with E-state index in [0.717, 1.165) is 21.6 Å². The minimum atomic E-state index is 0.688. The van der Waals surface area contributed by atoms with Crippen LogP contribution in [-0.4, -0.2) is 12.1 Å². The first-order chi connectivity index (χ1) is 10.3. The molecule has 0 spiro atoms. The number of benzene rings is 2. The fraction of sp³-hybridized carbons (Fsp3) is 0.118. The Morgan fingerprint density at radius 2 is 1.95 bits per heavy atom. The van der Waals surface area contributed by atoms with Gasteiger partial charge in [-0.05, 0) is 44.9 Å². The Hall–Kier alpha value is -2.07. The Kier molecular flexibility index (Phi) is 4.06. The van der Waals surface area contributed by atoms with Crippen molar-refractivity contribution in [2.75, 3.05) is 12.4 Å². The number of pyridine rings is 1. The van der Waals surface area contributed by atoms with Crippen molar-refractivity contribution in [3.8, 4) is 5.75 Å². The van der Waals surface area contributed by atoms with Crippen LogP contribution in [0.2, 0.25) is 0 Å². The van der Waals surface area contributed by atoms with Gasteiger partial charge in [0.1, 0.15) is 10.4 Å². The van der Waals surface area contributed by atoms with E-state index < -0.39 is 0 Å². The fourth-order valence-corrected chi connectivity index (χ4v) is 2.59. The molecule has 21 heavy (non-hydrogen) atoms. The number of ether oxygens (including phenoxy) is 1. The molecule has 1 aromatic heterocycles. The van der Waals surface area contributed by atoms with Crippen LogP contribution in [-0.2, 0) is 6.54 Å². The van der Waals surface area contributed by atoms with E-state index in [0.29, 0.717) is 6.54 Å². The molecule has 0 aliphatic heterocycles. The molecule has 0 saturated heterocycles. The van der Waals surface area contributed by atoms with Crippen molar-refractivity contribution >= 4 is 32.4 Å². The van der Waals surface area contributed by atoms with Gasteiger partial charge in [-0.15, -0.1) is 0 Å². The normalized spacial score (nSPS) is 10.6. The molecule has 0 aliphatic carbocycles. The predicted molar refractivity (Wildman–Crippen MR) is 89.8 cm³/mol. The molecule has 1 heterocycles. The predicted octanol–water partition coefficient (Wildman–Crippen LogP) is 4.62. The zero-order valence-corrected chi connectivity index (χ0v) is 13.2. The van der Waals surface area contributed by atoms with Gasteiger partial charge in [0, 0.05) is 12.1 Å². The molecule has 0 radical (unpaired) electrons. The van der Waals surface area contributed by atoms with Crippen molar-refractivity contribution in [2.24, 2.45) is 0 Å². The highest BCUT2D eigenvalue weighted by Crippen LogP contribution is 2.28. The molecular formula is C17H15BrN2O. The number of fused-ring (bicyclic) bond motifs is 1. The Morgan fingerprint density at radius 1 is 1.10 bits per heavy atom. The minimum absolute atomic E-state index is 0.688. The molecular weight excluding hydrogens is 328 g/mol. The largest absolute Gasteiger partial charge is 0.496 e. The van der Waals surface area contributed by atoms with Crippen LogP contribution in [0, 0.1) is 0 Å². The third-order valence-corrected chi connectivity index (χ3v) is 3.88. The third kappa shape index (κ3) is 3.00. The summed E-state index contributed by atoms with van der Waals surface area (Å²) >= 11 is 3.34. The van der Waals surface area contributed by atoms with Crippen LogP contribution >= 0.6 is 15.9 Å². The minimum Gasteiger partial charge on any atom is -0.496 e. The second-order valence-corrected chi connectivity index (χ2v) is 5.50. The summed E-state index contributed by atoms with van der Waals surface area (Å²) in [5.74, 6) is 0.895. The number of halogens is 1. The molecule has 0 fully saturated rings. The molecule has 4 heteroatoms. The number of rotatable bonds is 4. The topological polar surface area (TPSA) is 34.1 Å². The van der Waals surface area contributed by atoms with E-state index in [1.165, 1.54) is 10.8 Å². The molecule has 0 saturated carbocycles. The van der Waals surface area contributed by atoms with E-state index in [2.05, 4.69) is 44.4 Å². The molecule has 0 amide bonds. The zero-order valence-electron chi connectivity index (χ0n) is 11.6. The van der Waals surface area contributed by atoms with Gasteiger partial charge in [0.05, 0.1) is 19.0 Å². The monoisotopic (exact) mass is 342 g/mol. The van der Waals surface area contributed by atoms with Gasteiger partial charge in [-0.25, -0.2) is 4.98 Å². The Labute approximate surface area is 132 Å². The van der Waals surface area contributed by atoms with E-state index in [-0.39, 0.29) is 0 Å². The fourth-order valence-electron chi connectivity index (χ4n) is 2.36. The van der Waals surface area contributed by atoms with Gasteiger partial charge in [-0.2, -0.15) is 0 Å². The van der Waals surface area contributed by atoms with Crippen molar-refractivity contribution in [1.82, 2.24) is 4.98 Å². The average Bonchev–Trinajstić information content (AvgIpc) is 2.54. The quantitative estimate of drug-likeness (QED) is 0.702. The molecule has 0 aliphatic rings. The van der Waals surface area contributed by atoms with Crippen molar-refractivity contribution in [3.05, 3.63) is 64.9 Å². The Bertz CT molecular complexity index is 756. The van der Waals surface area contributed by atoms with Crippen LogP contribution in [0.4, 0.5) is 5.69 Å². The number of methoxy groups -OCH3 is 1. The van der Waals surface area contributed by atoms with Gasteiger partial charge in [-0.1, -0.05) is 30.3 Å². The van der Waals surface area contributed by atoms with Crippen molar-refractivity contribution < 1.29 is 4.74 Å². The Morgan fingerprint density at radius 3 is 2.71 bits per heavy atom. The van der Waals surface area contributed by atoms with Gasteiger partial charge in [0.2, 0.25) is 0 Å².